The number of anilines is 2. The predicted octanol–water partition coefficient (Wildman–Crippen LogP) is 4.23. The Kier molecular flexibility index (Phi) is 5.90. The summed E-state index contributed by atoms with van der Waals surface area (Å²) >= 11 is 0. The third kappa shape index (κ3) is 4.54. The number of aromatic nitrogens is 2. The standard InChI is InChI=1S/C19H26N4O/c1-12(2)11-20-17-10-9-16(22-23-17)19(24)21-18-14(5)7-6-8-15(18)13(3)4/h6-10,12-13H,11H2,1-5H3,(H,20,23)(H,21,24). The van der Waals surface area contributed by atoms with Gasteiger partial charge in [-0.3, -0.25) is 4.79 Å². The molecule has 0 fully saturated rings. The number of hydrogen-bond acceptors (Lipinski definition) is 4. The molecule has 5 nitrogen and oxygen atoms in total. The molecule has 0 radical (unpaired) electrons. The molecule has 1 amide bonds. The highest BCUT2D eigenvalue weighted by atomic mass is 16.1. The van der Waals surface area contributed by atoms with Crippen LogP contribution in [0.4, 0.5) is 11.5 Å². The van der Waals surface area contributed by atoms with Crippen LogP contribution in [-0.4, -0.2) is 22.6 Å². The van der Waals surface area contributed by atoms with E-state index in [1.807, 2.05) is 25.1 Å². The maximum atomic E-state index is 12.5. The summed E-state index contributed by atoms with van der Waals surface area (Å²) in [6.07, 6.45) is 0. The topological polar surface area (TPSA) is 66.9 Å². The summed E-state index contributed by atoms with van der Waals surface area (Å²) in [5, 5.41) is 14.3. The summed E-state index contributed by atoms with van der Waals surface area (Å²) < 4.78 is 0. The van der Waals surface area contributed by atoms with E-state index in [1.165, 1.54) is 0 Å². The first-order chi connectivity index (χ1) is 11.4. The van der Waals surface area contributed by atoms with Gasteiger partial charge in [-0.05, 0) is 42.0 Å². The normalized spacial score (nSPS) is 11.0. The maximum absolute atomic E-state index is 12.5. The number of carbonyl (C=O) groups excluding carboxylic acids is 1. The van der Waals surface area contributed by atoms with Crippen LogP contribution >= 0.6 is 0 Å². The number of carbonyl (C=O) groups is 1. The number of nitrogens with one attached hydrogen (secondary N) is 2. The number of rotatable bonds is 6. The molecule has 0 atom stereocenters. The maximum Gasteiger partial charge on any atom is 0.276 e. The van der Waals surface area contributed by atoms with Crippen LogP contribution in [-0.2, 0) is 0 Å². The Balaban J connectivity index is 2.13. The van der Waals surface area contributed by atoms with Crippen LogP contribution in [0.15, 0.2) is 30.3 Å². The second-order valence-corrected chi connectivity index (χ2v) is 6.73. The van der Waals surface area contributed by atoms with Crippen molar-refractivity contribution in [3.05, 3.63) is 47.2 Å². The Morgan fingerprint density at radius 3 is 2.42 bits per heavy atom. The first-order valence-corrected chi connectivity index (χ1v) is 8.37. The summed E-state index contributed by atoms with van der Waals surface area (Å²) in [7, 11) is 0. The minimum absolute atomic E-state index is 0.242. The predicted molar refractivity (Wildman–Crippen MR) is 98.6 cm³/mol. The first kappa shape index (κ1) is 17.9. The highest BCUT2D eigenvalue weighted by molar-refractivity contribution is 6.03. The fourth-order valence-electron chi connectivity index (χ4n) is 2.38. The highest BCUT2D eigenvalue weighted by Gasteiger charge is 2.14. The summed E-state index contributed by atoms with van der Waals surface area (Å²) in [4.78, 5) is 12.5. The summed E-state index contributed by atoms with van der Waals surface area (Å²) in [5.74, 6) is 1.28. The monoisotopic (exact) mass is 326 g/mol. The third-order valence-electron chi connectivity index (χ3n) is 3.75. The lowest BCUT2D eigenvalue weighted by atomic mass is 9.98. The van der Waals surface area contributed by atoms with Gasteiger partial charge in [-0.25, -0.2) is 0 Å². The van der Waals surface area contributed by atoms with Crippen LogP contribution in [0.3, 0.4) is 0 Å². The van der Waals surface area contributed by atoms with Gasteiger partial charge in [-0.2, -0.15) is 0 Å². The lowest BCUT2D eigenvalue weighted by Crippen LogP contribution is -2.17. The van der Waals surface area contributed by atoms with E-state index < -0.39 is 0 Å². The van der Waals surface area contributed by atoms with Gasteiger partial charge < -0.3 is 10.6 Å². The van der Waals surface area contributed by atoms with Crippen molar-refractivity contribution in [3.8, 4) is 0 Å². The molecule has 0 saturated heterocycles. The van der Waals surface area contributed by atoms with Crippen LogP contribution < -0.4 is 10.6 Å². The van der Waals surface area contributed by atoms with Crippen LogP contribution in [0.25, 0.3) is 0 Å². The van der Waals surface area contributed by atoms with E-state index >= 15 is 0 Å². The van der Waals surface area contributed by atoms with E-state index in [2.05, 4.69) is 48.5 Å². The van der Waals surface area contributed by atoms with E-state index in [9.17, 15) is 4.79 Å². The Morgan fingerprint density at radius 1 is 1.08 bits per heavy atom. The highest BCUT2D eigenvalue weighted by Crippen LogP contribution is 2.27. The SMILES string of the molecule is Cc1cccc(C(C)C)c1NC(=O)c1ccc(NCC(C)C)nn1. The number of aryl methyl sites for hydroxylation is 1. The van der Waals surface area contributed by atoms with Crippen molar-refractivity contribution in [2.75, 3.05) is 17.2 Å². The molecule has 0 bridgehead atoms. The fourth-order valence-corrected chi connectivity index (χ4v) is 2.38. The largest absolute Gasteiger partial charge is 0.368 e. The molecule has 2 N–H and O–H groups in total. The van der Waals surface area contributed by atoms with Gasteiger partial charge in [0.05, 0.1) is 0 Å². The summed E-state index contributed by atoms with van der Waals surface area (Å²) in [6.45, 7) is 11.3. The molecule has 2 aromatic rings. The molecule has 1 heterocycles. The van der Waals surface area contributed by atoms with Crippen molar-refractivity contribution in [1.29, 1.82) is 0 Å². The molecule has 2 rings (SSSR count). The summed E-state index contributed by atoms with van der Waals surface area (Å²) in [5.41, 5.74) is 3.33. The number of benzene rings is 1. The summed E-state index contributed by atoms with van der Waals surface area (Å²) in [6, 6.07) is 9.52. The second kappa shape index (κ2) is 7.90. The van der Waals surface area contributed by atoms with E-state index in [4.69, 9.17) is 0 Å². The average Bonchev–Trinajstić information content (AvgIpc) is 2.55. The van der Waals surface area contributed by atoms with E-state index in [0.29, 0.717) is 23.3 Å². The van der Waals surface area contributed by atoms with Crippen LogP contribution in [0, 0.1) is 12.8 Å². The van der Waals surface area contributed by atoms with Crippen molar-refractivity contribution < 1.29 is 4.79 Å². The van der Waals surface area contributed by atoms with Gasteiger partial charge in [-0.1, -0.05) is 45.9 Å². The molecule has 1 aromatic heterocycles. The molecular weight excluding hydrogens is 300 g/mol. The average molecular weight is 326 g/mol. The molecule has 0 saturated carbocycles. The lowest BCUT2D eigenvalue weighted by molar-refractivity contribution is 0.102. The van der Waals surface area contributed by atoms with E-state index in [1.54, 1.807) is 12.1 Å². The number of para-hydroxylation sites is 1. The van der Waals surface area contributed by atoms with Gasteiger partial charge >= 0.3 is 0 Å². The zero-order valence-electron chi connectivity index (χ0n) is 15.1. The van der Waals surface area contributed by atoms with Crippen molar-refractivity contribution in [1.82, 2.24) is 10.2 Å². The smallest absolute Gasteiger partial charge is 0.276 e. The molecule has 24 heavy (non-hydrogen) atoms. The van der Waals surface area contributed by atoms with Crippen LogP contribution in [0.5, 0.6) is 0 Å². The quantitative estimate of drug-likeness (QED) is 0.833. The van der Waals surface area contributed by atoms with E-state index in [0.717, 1.165) is 23.4 Å². The minimum atomic E-state index is -0.242. The first-order valence-electron chi connectivity index (χ1n) is 8.37. The minimum Gasteiger partial charge on any atom is -0.368 e. The molecular formula is C19H26N4O. The van der Waals surface area contributed by atoms with Gasteiger partial charge in [0.15, 0.2) is 5.69 Å². The third-order valence-corrected chi connectivity index (χ3v) is 3.75. The van der Waals surface area contributed by atoms with Crippen LogP contribution in [0.2, 0.25) is 0 Å². The van der Waals surface area contributed by atoms with Crippen molar-refractivity contribution >= 4 is 17.4 Å². The lowest BCUT2D eigenvalue weighted by Gasteiger charge is -2.16. The number of nitrogens with zero attached hydrogens (tertiary/aromatic N) is 2. The van der Waals surface area contributed by atoms with Gasteiger partial charge in [0, 0.05) is 12.2 Å². The van der Waals surface area contributed by atoms with Gasteiger partial charge in [-0.15, -0.1) is 10.2 Å². The Labute approximate surface area is 143 Å². The van der Waals surface area contributed by atoms with Gasteiger partial charge in [0.25, 0.3) is 5.91 Å². The van der Waals surface area contributed by atoms with Crippen molar-refractivity contribution in [2.45, 2.75) is 40.5 Å². The molecule has 0 unspecified atom stereocenters. The number of hydrogen-bond donors (Lipinski definition) is 2. The van der Waals surface area contributed by atoms with Crippen LogP contribution in [0.1, 0.15) is 55.2 Å². The zero-order valence-corrected chi connectivity index (χ0v) is 15.1. The molecule has 0 aliphatic carbocycles. The number of amides is 1. The van der Waals surface area contributed by atoms with Crippen molar-refractivity contribution in [2.24, 2.45) is 5.92 Å². The molecule has 0 aliphatic rings. The molecule has 5 heteroatoms. The fraction of sp³-hybridized carbons (Fsp3) is 0.421. The molecule has 0 aliphatic heterocycles. The van der Waals surface area contributed by atoms with Gasteiger partial charge in [0.1, 0.15) is 5.82 Å². The Hall–Kier alpha value is -2.43. The molecule has 128 valence electrons. The Bertz CT molecular complexity index is 693. The second-order valence-electron chi connectivity index (χ2n) is 6.73. The van der Waals surface area contributed by atoms with Gasteiger partial charge in [0.2, 0.25) is 0 Å². The zero-order chi connectivity index (χ0) is 17.7. The molecule has 0 spiro atoms. The van der Waals surface area contributed by atoms with E-state index in [-0.39, 0.29) is 5.91 Å². The van der Waals surface area contributed by atoms with Crippen molar-refractivity contribution in [3.63, 3.8) is 0 Å². The Morgan fingerprint density at radius 2 is 1.83 bits per heavy atom. The molecule has 1 aromatic carbocycles.